The summed E-state index contributed by atoms with van der Waals surface area (Å²) in [4.78, 5) is 73.3. The monoisotopic (exact) mass is 1550 g/mol. The molecule has 3 N–H and O–H groups in total. The molecule has 106 heavy (non-hydrogen) atoms. The zero-order chi connectivity index (χ0) is 77.8. The molecule has 0 saturated heterocycles. The molecule has 0 bridgehead atoms. The molecular weight excluding hydrogens is 1380 g/mol. The fraction of sp³-hybridized carbons (Fsp3) is 0.954. The lowest BCUT2D eigenvalue weighted by Crippen LogP contribution is -2.30. The number of rotatable bonds is 86. The first kappa shape index (κ1) is 104. The van der Waals surface area contributed by atoms with E-state index in [-0.39, 0.29) is 25.7 Å². The van der Waals surface area contributed by atoms with Crippen molar-refractivity contribution in [2.45, 2.75) is 484 Å². The lowest BCUT2D eigenvalue weighted by molar-refractivity contribution is -0.161. The fourth-order valence-corrected chi connectivity index (χ4v) is 15.2. The molecule has 19 heteroatoms. The number of phosphoric acid groups is 2. The van der Waals surface area contributed by atoms with Crippen LogP contribution in [0.4, 0.5) is 0 Å². The number of ether oxygens (including phenoxy) is 4. The highest BCUT2D eigenvalue weighted by molar-refractivity contribution is 7.47. The van der Waals surface area contributed by atoms with E-state index in [4.69, 9.17) is 37.0 Å². The molecule has 0 aliphatic heterocycles. The van der Waals surface area contributed by atoms with Crippen molar-refractivity contribution in [1.29, 1.82) is 0 Å². The third-order valence-electron chi connectivity index (χ3n) is 20.5. The molecule has 0 aliphatic rings. The summed E-state index contributed by atoms with van der Waals surface area (Å²) in [6.07, 6.45) is 70.8. The molecular formula is C87H170O17P2. The molecule has 0 spiro atoms. The van der Waals surface area contributed by atoms with Gasteiger partial charge in [-0.05, 0) is 37.5 Å². The second-order valence-corrected chi connectivity index (χ2v) is 35.1. The number of unbranched alkanes of at least 4 members (excludes halogenated alkanes) is 56. The van der Waals surface area contributed by atoms with E-state index in [2.05, 4.69) is 41.5 Å². The number of hydrogen-bond acceptors (Lipinski definition) is 15. The van der Waals surface area contributed by atoms with Gasteiger partial charge in [-0.25, -0.2) is 9.13 Å². The Kier molecular flexibility index (Phi) is 76.9. The van der Waals surface area contributed by atoms with E-state index in [9.17, 15) is 43.2 Å². The van der Waals surface area contributed by atoms with Gasteiger partial charge in [0.05, 0.1) is 26.4 Å². The minimum Gasteiger partial charge on any atom is -0.462 e. The van der Waals surface area contributed by atoms with Gasteiger partial charge in [-0.2, -0.15) is 0 Å². The van der Waals surface area contributed by atoms with Crippen LogP contribution in [0, 0.1) is 11.8 Å². The van der Waals surface area contributed by atoms with E-state index in [1.807, 2.05) is 0 Å². The van der Waals surface area contributed by atoms with Crippen LogP contribution in [0.1, 0.15) is 465 Å². The zero-order valence-electron chi connectivity index (χ0n) is 69.7. The molecule has 0 aliphatic carbocycles. The zero-order valence-corrected chi connectivity index (χ0v) is 71.5. The van der Waals surface area contributed by atoms with Gasteiger partial charge in [-0.15, -0.1) is 0 Å². The Labute approximate surface area is 651 Å². The first-order valence-electron chi connectivity index (χ1n) is 45.0. The maximum atomic E-state index is 13.2. The normalized spacial score (nSPS) is 13.8. The van der Waals surface area contributed by atoms with Crippen LogP contribution in [-0.2, 0) is 65.4 Å². The number of esters is 4. The van der Waals surface area contributed by atoms with Gasteiger partial charge in [0.15, 0.2) is 12.2 Å². The molecule has 0 heterocycles. The molecule has 5 atom stereocenters. The average Bonchev–Trinajstić information content (AvgIpc) is 1.02. The largest absolute Gasteiger partial charge is 0.472 e. The first-order valence-corrected chi connectivity index (χ1v) is 48.0. The molecule has 0 rings (SSSR count). The van der Waals surface area contributed by atoms with Crippen LogP contribution < -0.4 is 0 Å². The Morgan fingerprint density at radius 2 is 0.434 bits per heavy atom. The van der Waals surface area contributed by atoms with Crippen LogP contribution in [0.25, 0.3) is 0 Å². The van der Waals surface area contributed by atoms with Gasteiger partial charge >= 0.3 is 39.5 Å². The average molecular weight is 1550 g/mol. The number of carbonyl (C=O) groups is 4. The van der Waals surface area contributed by atoms with Crippen LogP contribution in [-0.4, -0.2) is 96.7 Å². The first-order chi connectivity index (χ1) is 51.4. The lowest BCUT2D eigenvalue weighted by Gasteiger charge is -2.21. The van der Waals surface area contributed by atoms with E-state index in [1.54, 1.807) is 0 Å². The standard InChI is InChI=1S/C87H170O17P2/c1-7-9-11-13-15-17-19-21-23-25-27-29-31-35-39-45-51-57-63-69-84(89)97-75-82(103-86(91)71-65-59-53-46-40-36-32-30-28-26-24-22-20-18-16-14-12-10-8-2)77-101-105(93,94)99-73-81(88)74-100-106(95,96)102-78-83(76-98-85(90)70-64-58-52-48-42-44-50-56-62-68-80(5)6)104-87(92)72-66-60-54-47-41-37-33-34-38-43-49-55-61-67-79(3)4/h79-83,88H,7-78H2,1-6H3,(H,93,94)(H,95,96)/t81-,82-,83-/m1/s1. The smallest absolute Gasteiger partial charge is 0.462 e. The summed E-state index contributed by atoms with van der Waals surface area (Å²) in [5.74, 6) is -0.570. The summed E-state index contributed by atoms with van der Waals surface area (Å²) in [7, 11) is -9.93. The van der Waals surface area contributed by atoms with Crippen molar-refractivity contribution in [2.24, 2.45) is 11.8 Å². The SMILES string of the molecule is CCCCCCCCCCCCCCCCCCCCCC(=O)OC[C@H](COP(=O)(O)OC[C@@H](O)COP(=O)(O)OC[C@@H](COC(=O)CCCCCCCCCCCC(C)C)OC(=O)CCCCCCCCCCCCCCCC(C)C)OC(=O)CCCCCCCCCCCCCCCCCCCCC. The molecule has 17 nitrogen and oxygen atoms in total. The Bertz CT molecular complexity index is 2030. The van der Waals surface area contributed by atoms with E-state index in [0.29, 0.717) is 25.7 Å². The van der Waals surface area contributed by atoms with Crippen LogP contribution >= 0.6 is 15.6 Å². The fourth-order valence-electron chi connectivity index (χ4n) is 13.6. The Hall–Kier alpha value is -1.94. The highest BCUT2D eigenvalue weighted by Gasteiger charge is 2.30. The summed E-state index contributed by atoms with van der Waals surface area (Å²) in [5.41, 5.74) is 0. The molecule has 0 aromatic heterocycles. The number of hydrogen-bond donors (Lipinski definition) is 3. The highest BCUT2D eigenvalue weighted by atomic mass is 31.2. The van der Waals surface area contributed by atoms with Crippen molar-refractivity contribution >= 4 is 39.5 Å². The number of phosphoric ester groups is 2. The highest BCUT2D eigenvalue weighted by Crippen LogP contribution is 2.45. The van der Waals surface area contributed by atoms with E-state index < -0.39 is 97.5 Å². The van der Waals surface area contributed by atoms with Crippen molar-refractivity contribution < 1.29 is 80.2 Å². The van der Waals surface area contributed by atoms with Gasteiger partial charge in [0.2, 0.25) is 0 Å². The summed E-state index contributed by atoms with van der Waals surface area (Å²) >= 11 is 0. The molecule has 0 fully saturated rings. The minimum absolute atomic E-state index is 0.107. The maximum Gasteiger partial charge on any atom is 0.472 e. The van der Waals surface area contributed by atoms with Crippen molar-refractivity contribution in [3.63, 3.8) is 0 Å². The second kappa shape index (κ2) is 78.3. The van der Waals surface area contributed by atoms with E-state index in [1.165, 1.54) is 283 Å². The van der Waals surface area contributed by atoms with Crippen molar-refractivity contribution in [3.8, 4) is 0 Å². The topological polar surface area (TPSA) is 237 Å². The molecule has 0 aromatic rings. The van der Waals surface area contributed by atoms with Crippen LogP contribution in [0.15, 0.2) is 0 Å². The van der Waals surface area contributed by atoms with Gasteiger partial charge in [-0.3, -0.25) is 37.3 Å². The van der Waals surface area contributed by atoms with Crippen LogP contribution in [0.3, 0.4) is 0 Å². The number of aliphatic hydroxyl groups excluding tert-OH is 1. The third kappa shape index (κ3) is 80.1. The lowest BCUT2D eigenvalue weighted by atomic mass is 10.0. The van der Waals surface area contributed by atoms with Crippen LogP contribution in [0.2, 0.25) is 0 Å². The summed E-state index contributed by atoms with van der Waals surface area (Å²) in [6.45, 7) is 9.68. The summed E-state index contributed by atoms with van der Waals surface area (Å²) < 4.78 is 69.0. The number of aliphatic hydroxyl groups is 1. The minimum atomic E-state index is -4.97. The predicted molar refractivity (Wildman–Crippen MR) is 437 cm³/mol. The Morgan fingerprint density at radius 1 is 0.255 bits per heavy atom. The predicted octanol–water partition coefficient (Wildman–Crippen LogP) is 26.6. The summed E-state index contributed by atoms with van der Waals surface area (Å²) in [6, 6.07) is 0. The van der Waals surface area contributed by atoms with Gasteiger partial charge in [0, 0.05) is 25.7 Å². The second-order valence-electron chi connectivity index (χ2n) is 32.2. The van der Waals surface area contributed by atoms with Crippen LogP contribution in [0.5, 0.6) is 0 Å². The van der Waals surface area contributed by atoms with Gasteiger partial charge in [0.25, 0.3) is 0 Å². The number of carbonyl (C=O) groups excluding carboxylic acids is 4. The van der Waals surface area contributed by atoms with Crippen molar-refractivity contribution in [2.75, 3.05) is 39.6 Å². The maximum absolute atomic E-state index is 13.2. The van der Waals surface area contributed by atoms with Gasteiger partial charge in [0.1, 0.15) is 19.3 Å². The molecule has 0 aromatic carbocycles. The Balaban J connectivity index is 5.25. The molecule has 2 unspecified atom stereocenters. The van der Waals surface area contributed by atoms with E-state index in [0.717, 1.165) is 102 Å². The van der Waals surface area contributed by atoms with Crippen molar-refractivity contribution in [3.05, 3.63) is 0 Å². The summed E-state index contributed by atoms with van der Waals surface area (Å²) in [5, 5.41) is 10.7. The third-order valence-corrected chi connectivity index (χ3v) is 22.4. The van der Waals surface area contributed by atoms with E-state index >= 15 is 0 Å². The molecule has 0 radical (unpaired) electrons. The molecule has 630 valence electrons. The van der Waals surface area contributed by atoms with Gasteiger partial charge < -0.3 is 33.8 Å². The Morgan fingerprint density at radius 3 is 0.642 bits per heavy atom. The molecule has 0 saturated carbocycles. The van der Waals surface area contributed by atoms with Crippen molar-refractivity contribution in [1.82, 2.24) is 0 Å². The quantitative estimate of drug-likeness (QED) is 0.0222. The van der Waals surface area contributed by atoms with Gasteiger partial charge in [-0.1, -0.05) is 414 Å². The molecule has 0 amide bonds.